The minimum Gasteiger partial charge on any atom is -0.385 e. The molecule has 0 aromatic rings. The van der Waals surface area contributed by atoms with Crippen molar-refractivity contribution in [1.29, 1.82) is 0 Å². The van der Waals surface area contributed by atoms with Crippen LogP contribution >= 0.6 is 0 Å². The number of hydrogen-bond donors (Lipinski definition) is 1. The van der Waals surface area contributed by atoms with Crippen molar-refractivity contribution in [3.8, 4) is 0 Å². The van der Waals surface area contributed by atoms with Crippen molar-refractivity contribution < 1.29 is 0 Å². The van der Waals surface area contributed by atoms with Crippen molar-refractivity contribution in [3.05, 3.63) is 35.6 Å². The molecule has 1 atom stereocenters. The number of rotatable bonds is 3. The summed E-state index contributed by atoms with van der Waals surface area (Å²) < 4.78 is 0. The van der Waals surface area contributed by atoms with E-state index in [-0.39, 0.29) is 0 Å². The van der Waals surface area contributed by atoms with Gasteiger partial charge in [0.25, 0.3) is 0 Å². The molecule has 1 nitrogen and oxygen atoms in total. The fourth-order valence-corrected chi connectivity index (χ4v) is 1.53. The first-order valence-electron chi connectivity index (χ1n) is 5.11. The Morgan fingerprint density at radius 2 is 2.15 bits per heavy atom. The van der Waals surface area contributed by atoms with Crippen LogP contribution in [-0.4, -0.2) is 6.54 Å². The summed E-state index contributed by atoms with van der Waals surface area (Å²) in [6.45, 7) is 7.54. The van der Waals surface area contributed by atoms with Crippen LogP contribution in [0.25, 0.3) is 0 Å². The van der Waals surface area contributed by atoms with Gasteiger partial charge in [0.15, 0.2) is 0 Å². The Kier molecular flexibility index (Phi) is 3.81. The van der Waals surface area contributed by atoms with Crippen LogP contribution in [0, 0.1) is 5.92 Å². The molecule has 0 aliphatic heterocycles. The van der Waals surface area contributed by atoms with Crippen LogP contribution < -0.4 is 5.32 Å². The predicted molar refractivity (Wildman–Crippen MR) is 58.4 cm³/mol. The largest absolute Gasteiger partial charge is 0.385 e. The van der Waals surface area contributed by atoms with Crippen LogP contribution in [0.5, 0.6) is 0 Å². The van der Waals surface area contributed by atoms with Gasteiger partial charge in [-0.3, -0.25) is 0 Å². The maximum atomic E-state index is 3.41. The van der Waals surface area contributed by atoms with Gasteiger partial charge in [-0.05, 0) is 24.8 Å². The highest BCUT2D eigenvalue weighted by Crippen LogP contribution is 2.17. The third-order valence-electron chi connectivity index (χ3n) is 2.24. The first-order chi connectivity index (χ1) is 6.27. The van der Waals surface area contributed by atoms with Gasteiger partial charge >= 0.3 is 0 Å². The normalized spacial score (nSPS) is 21.9. The molecule has 0 spiro atoms. The van der Waals surface area contributed by atoms with Gasteiger partial charge < -0.3 is 5.32 Å². The Morgan fingerprint density at radius 1 is 1.38 bits per heavy atom. The molecule has 1 aliphatic carbocycles. The van der Waals surface area contributed by atoms with E-state index in [9.17, 15) is 0 Å². The van der Waals surface area contributed by atoms with Crippen molar-refractivity contribution in [1.82, 2.24) is 5.32 Å². The minimum atomic E-state index is 0.536. The maximum absolute atomic E-state index is 3.41. The van der Waals surface area contributed by atoms with E-state index < -0.39 is 0 Å². The topological polar surface area (TPSA) is 12.0 Å². The SMILES string of the molecule is CCNC1=CC(C)C=CC=C1CC. The number of likely N-dealkylation sites (N-methyl/N-ethyl adjacent to an activating group) is 1. The van der Waals surface area contributed by atoms with Crippen molar-refractivity contribution in [2.45, 2.75) is 27.2 Å². The smallest absolute Gasteiger partial charge is 0.0337 e. The Bertz CT molecular complexity index is 246. The number of nitrogens with one attached hydrogen (secondary N) is 1. The zero-order chi connectivity index (χ0) is 9.68. The second kappa shape index (κ2) is 4.90. The lowest BCUT2D eigenvalue weighted by Gasteiger charge is -2.11. The van der Waals surface area contributed by atoms with Gasteiger partial charge in [-0.15, -0.1) is 0 Å². The van der Waals surface area contributed by atoms with Crippen molar-refractivity contribution in [3.63, 3.8) is 0 Å². The zero-order valence-electron chi connectivity index (χ0n) is 8.80. The molecule has 1 unspecified atom stereocenters. The van der Waals surface area contributed by atoms with Gasteiger partial charge in [-0.1, -0.05) is 38.2 Å². The molecule has 0 saturated heterocycles. The van der Waals surface area contributed by atoms with E-state index in [2.05, 4.69) is 50.4 Å². The minimum absolute atomic E-state index is 0.536. The first-order valence-corrected chi connectivity index (χ1v) is 5.11. The lowest BCUT2D eigenvalue weighted by Crippen LogP contribution is -2.14. The van der Waals surface area contributed by atoms with E-state index in [1.807, 2.05) is 0 Å². The van der Waals surface area contributed by atoms with Crippen LogP contribution in [0.3, 0.4) is 0 Å². The Morgan fingerprint density at radius 3 is 2.77 bits per heavy atom. The zero-order valence-corrected chi connectivity index (χ0v) is 8.80. The third-order valence-corrected chi connectivity index (χ3v) is 2.24. The molecular formula is C12H19N. The Labute approximate surface area is 81.2 Å². The summed E-state index contributed by atoms with van der Waals surface area (Å²) in [5.41, 5.74) is 2.71. The molecular weight excluding hydrogens is 158 g/mol. The number of allylic oxidation sites excluding steroid dienone is 5. The third kappa shape index (κ3) is 2.76. The van der Waals surface area contributed by atoms with Crippen LogP contribution in [0.2, 0.25) is 0 Å². The van der Waals surface area contributed by atoms with E-state index in [0.29, 0.717) is 5.92 Å². The van der Waals surface area contributed by atoms with E-state index in [4.69, 9.17) is 0 Å². The Balaban J connectivity index is 2.84. The molecule has 0 radical (unpaired) electrons. The van der Waals surface area contributed by atoms with E-state index >= 15 is 0 Å². The molecule has 0 bridgehead atoms. The molecule has 1 rings (SSSR count). The summed E-state index contributed by atoms with van der Waals surface area (Å²) >= 11 is 0. The fourth-order valence-electron chi connectivity index (χ4n) is 1.53. The molecule has 0 aromatic carbocycles. The molecule has 0 aromatic heterocycles. The highest BCUT2D eigenvalue weighted by Gasteiger charge is 2.05. The molecule has 1 aliphatic rings. The summed E-state index contributed by atoms with van der Waals surface area (Å²) in [5, 5.41) is 3.41. The molecule has 0 fully saturated rings. The average Bonchev–Trinajstić information content (AvgIpc) is 2.28. The van der Waals surface area contributed by atoms with Crippen LogP contribution in [0.4, 0.5) is 0 Å². The highest BCUT2D eigenvalue weighted by atomic mass is 14.9. The van der Waals surface area contributed by atoms with E-state index in [1.165, 1.54) is 11.3 Å². The lowest BCUT2D eigenvalue weighted by atomic mass is 10.1. The van der Waals surface area contributed by atoms with Gasteiger partial charge in [-0.25, -0.2) is 0 Å². The standard InChI is InChI=1S/C12H19N/c1-4-11-8-6-7-10(3)9-12(11)13-5-2/h6-10,13H,4-5H2,1-3H3. The first kappa shape index (κ1) is 10.1. The quantitative estimate of drug-likeness (QED) is 0.698. The highest BCUT2D eigenvalue weighted by molar-refractivity contribution is 5.35. The molecule has 0 amide bonds. The fraction of sp³-hybridized carbons (Fsp3) is 0.500. The average molecular weight is 177 g/mol. The summed E-state index contributed by atoms with van der Waals surface area (Å²) in [5.74, 6) is 0.536. The maximum Gasteiger partial charge on any atom is 0.0337 e. The van der Waals surface area contributed by atoms with Gasteiger partial charge in [0.05, 0.1) is 0 Å². The van der Waals surface area contributed by atoms with Gasteiger partial charge in [0.1, 0.15) is 0 Å². The summed E-state index contributed by atoms with van der Waals surface area (Å²) in [4.78, 5) is 0. The van der Waals surface area contributed by atoms with Crippen molar-refractivity contribution >= 4 is 0 Å². The molecule has 1 heteroatoms. The van der Waals surface area contributed by atoms with Crippen LogP contribution in [0.15, 0.2) is 35.6 Å². The Hall–Kier alpha value is -0.980. The van der Waals surface area contributed by atoms with Crippen molar-refractivity contribution in [2.24, 2.45) is 5.92 Å². The molecule has 1 N–H and O–H groups in total. The predicted octanol–water partition coefficient (Wildman–Crippen LogP) is 3.02. The van der Waals surface area contributed by atoms with Gasteiger partial charge in [0.2, 0.25) is 0 Å². The lowest BCUT2D eigenvalue weighted by molar-refractivity contribution is 0.818. The number of hydrogen-bond acceptors (Lipinski definition) is 1. The van der Waals surface area contributed by atoms with Crippen LogP contribution in [-0.2, 0) is 0 Å². The summed E-state index contributed by atoms with van der Waals surface area (Å²) in [6, 6.07) is 0. The molecule has 72 valence electrons. The summed E-state index contributed by atoms with van der Waals surface area (Å²) in [7, 11) is 0. The van der Waals surface area contributed by atoms with Crippen molar-refractivity contribution in [2.75, 3.05) is 6.54 Å². The molecule has 0 heterocycles. The summed E-state index contributed by atoms with van der Waals surface area (Å²) in [6.07, 6.45) is 9.97. The second-order valence-corrected chi connectivity index (χ2v) is 3.40. The van der Waals surface area contributed by atoms with E-state index in [1.54, 1.807) is 0 Å². The van der Waals surface area contributed by atoms with Crippen LogP contribution in [0.1, 0.15) is 27.2 Å². The molecule has 13 heavy (non-hydrogen) atoms. The van der Waals surface area contributed by atoms with Gasteiger partial charge in [0, 0.05) is 12.2 Å². The van der Waals surface area contributed by atoms with E-state index in [0.717, 1.165) is 13.0 Å². The second-order valence-electron chi connectivity index (χ2n) is 3.40. The monoisotopic (exact) mass is 177 g/mol. The van der Waals surface area contributed by atoms with Gasteiger partial charge in [-0.2, -0.15) is 0 Å². The molecule has 0 saturated carbocycles.